The number of aryl methyl sites for hydroxylation is 2. The summed E-state index contributed by atoms with van der Waals surface area (Å²) in [5.41, 5.74) is 3.21. The smallest absolute Gasteiger partial charge is 0.233 e. The van der Waals surface area contributed by atoms with Crippen LogP contribution in [0.1, 0.15) is 17.0 Å². The molecule has 2 amide bonds. The summed E-state index contributed by atoms with van der Waals surface area (Å²) in [5, 5.41) is 5.02. The molecule has 0 aromatic carbocycles. The molecular weight excluding hydrogens is 326 g/mol. The van der Waals surface area contributed by atoms with Gasteiger partial charge in [-0.25, -0.2) is 4.98 Å². The molecule has 0 radical (unpaired) electrons. The summed E-state index contributed by atoms with van der Waals surface area (Å²) in [6.45, 7) is 0.486. The molecule has 3 heterocycles. The van der Waals surface area contributed by atoms with Crippen LogP contribution in [0.2, 0.25) is 0 Å². The zero-order valence-corrected chi connectivity index (χ0v) is 14.8. The third-order valence-corrected chi connectivity index (χ3v) is 6.09. The third-order valence-electron chi connectivity index (χ3n) is 4.90. The molecular formula is C16H19N5O2S. The Hall–Kier alpha value is -2.22. The molecule has 0 saturated carbocycles. The van der Waals surface area contributed by atoms with Gasteiger partial charge in [-0.15, -0.1) is 11.3 Å². The van der Waals surface area contributed by atoms with E-state index in [1.807, 2.05) is 17.9 Å². The first-order chi connectivity index (χ1) is 11.5. The maximum absolute atomic E-state index is 12.7. The fraction of sp³-hybridized carbons (Fsp3) is 0.500. The van der Waals surface area contributed by atoms with Gasteiger partial charge in [-0.2, -0.15) is 5.10 Å². The molecule has 1 saturated heterocycles. The van der Waals surface area contributed by atoms with Crippen molar-refractivity contribution in [2.75, 3.05) is 25.5 Å². The maximum atomic E-state index is 12.7. The highest BCUT2D eigenvalue weighted by atomic mass is 32.1. The molecule has 1 aliphatic carbocycles. The van der Waals surface area contributed by atoms with Gasteiger partial charge in [0.15, 0.2) is 5.13 Å². The lowest BCUT2D eigenvalue weighted by atomic mass is 10.0. The first-order valence-electron chi connectivity index (χ1n) is 7.98. The highest BCUT2D eigenvalue weighted by Crippen LogP contribution is 2.39. The minimum Gasteiger partial charge on any atom is -0.345 e. The summed E-state index contributed by atoms with van der Waals surface area (Å²) in [6, 6.07) is 0. The summed E-state index contributed by atoms with van der Waals surface area (Å²) in [5.74, 6) is -0.284. The van der Waals surface area contributed by atoms with E-state index in [0.717, 1.165) is 24.1 Å². The molecule has 24 heavy (non-hydrogen) atoms. The van der Waals surface area contributed by atoms with Crippen molar-refractivity contribution in [1.29, 1.82) is 0 Å². The van der Waals surface area contributed by atoms with E-state index in [1.165, 1.54) is 10.6 Å². The van der Waals surface area contributed by atoms with Crippen molar-refractivity contribution in [2.24, 2.45) is 13.0 Å². The molecule has 1 atom stereocenters. The number of hydrogen-bond acceptors (Lipinski definition) is 5. The summed E-state index contributed by atoms with van der Waals surface area (Å²) in [6.07, 6.45) is 4.01. The van der Waals surface area contributed by atoms with E-state index in [-0.39, 0.29) is 24.2 Å². The molecule has 2 aliphatic rings. The fourth-order valence-corrected chi connectivity index (χ4v) is 4.49. The molecule has 8 heteroatoms. The van der Waals surface area contributed by atoms with Gasteiger partial charge in [0.2, 0.25) is 11.8 Å². The molecule has 0 spiro atoms. The average Bonchev–Trinajstić information content (AvgIpc) is 3.24. The molecule has 2 aromatic heterocycles. The highest BCUT2D eigenvalue weighted by Gasteiger charge is 2.35. The zero-order valence-electron chi connectivity index (χ0n) is 13.9. The predicted octanol–water partition coefficient (Wildman–Crippen LogP) is 1.08. The number of rotatable bonds is 2. The fourth-order valence-electron chi connectivity index (χ4n) is 3.45. The van der Waals surface area contributed by atoms with E-state index in [0.29, 0.717) is 11.7 Å². The van der Waals surface area contributed by atoms with Crippen molar-refractivity contribution >= 4 is 28.3 Å². The highest BCUT2D eigenvalue weighted by molar-refractivity contribution is 7.16. The van der Waals surface area contributed by atoms with Crippen molar-refractivity contribution in [1.82, 2.24) is 19.7 Å². The average molecular weight is 345 g/mol. The molecule has 0 N–H and O–H groups in total. The van der Waals surface area contributed by atoms with Gasteiger partial charge in [0.1, 0.15) is 0 Å². The Bertz CT molecular complexity index is 840. The lowest BCUT2D eigenvalue weighted by Gasteiger charge is -2.17. The first-order valence-corrected chi connectivity index (χ1v) is 8.80. The van der Waals surface area contributed by atoms with Crippen LogP contribution in [0, 0.1) is 5.92 Å². The van der Waals surface area contributed by atoms with Gasteiger partial charge in [-0.1, -0.05) is 0 Å². The minimum atomic E-state index is -0.276. The van der Waals surface area contributed by atoms with Gasteiger partial charge in [0.25, 0.3) is 0 Å². The number of carbonyl (C=O) groups is 2. The van der Waals surface area contributed by atoms with E-state index < -0.39 is 0 Å². The van der Waals surface area contributed by atoms with Crippen LogP contribution in [0.15, 0.2) is 6.20 Å². The summed E-state index contributed by atoms with van der Waals surface area (Å²) in [7, 11) is 5.43. The summed E-state index contributed by atoms with van der Waals surface area (Å²) >= 11 is 1.56. The van der Waals surface area contributed by atoms with Crippen molar-refractivity contribution in [3.05, 3.63) is 16.8 Å². The Morgan fingerprint density at radius 2 is 2.17 bits per heavy atom. The quantitative estimate of drug-likeness (QED) is 0.817. The number of aromatic nitrogens is 3. The Morgan fingerprint density at radius 3 is 2.88 bits per heavy atom. The van der Waals surface area contributed by atoms with Gasteiger partial charge in [-0.05, 0) is 12.8 Å². The van der Waals surface area contributed by atoms with Crippen LogP contribution >= 0.6 is 11.3 Å². The molecule has 0 unspecified atom stereocenters. The standard InChI is InChI=1S/C16H19N5O2S/c1-19-8-9(6-13(19)22)15(23)20(2)16-18-14-10-7-17-21(3)11(10)4-5-12(14)24-16/h7,9H,4-6,8H2,1-3H3/t9-/m0/s1. The van der Waals surface area contributed by atoms with E-state index in [2.05, 4.69) is 5.10 Å². The summed E-state index contributed by atoms with van der Waals surface area (Å²) in [4.78, 5) is 33.5. The normalized spacial score (nSPS) is 19.4. The molecule has 2 aromatic rings. The Morgan fingerprint density at radius 1 is 1.38 bits per heavy atom. The molecule has 126 valence electrons. The van der Waals surface area contributed by atoms with Crippen molar-refractivity contribution in [3.63, 3.8) is 0 Å². The number of nitrogens with zero attached hydrogens (tertiary/aromatic N) is 5. The van der Waals surface area contributed by atoms with Gasteiger partial charge in [0, 0.05) is 50.2 Å². The molecule has 1 aliphatic heterocycles. The number of amides is 2. The second kappa shape index (κ2) is 5.41. The Balaban J connectivity index is 1.61. The van der Waals surface area contributed by atoms with Gasteiger partial charge in [-0.3, -0.25) is 19.2 Å². The van der Waals surface area contributed by atoms with Gasteiger partial charge >= 0.3 is 0 Å². The first kappa shape index (κ1) is 15.3. The predicted molar refractivity (Wildman–Crippen MR) is 90.9 cm³/mol. The van der Waals surface area contributed by atoms with Crippen molar-refractivity contribution in [3.8, 4) is 11.3 Å². The van der Waals surface area contributed by atoms with Gasteiger partial charge in [0.05, 0.1) is 17.8 Å². The van der Waals surface area contributed by atoms with E-state index in [9.17, 15) is 9.59 Å². The van der Waals surface area contributed by atoms with E-state index in [4.69, 9.17) is 4.98 Å². The van der Waals surface area contributed by atoms with Crippen LogP contribution in [0.5, 0.6) is 0 Å². The van der Waals surface area contributed by atoms with E-state index in [1.54, 1.807) is 35.2 Å². The van der Waals surface area contributed by atoms with Gasteiger partial charge < -0.3 is 4.90 Å². The SMILES string of the molecule is CN1C[C@@H](C(=O)N(C)c2nc3c(s2)CCc2c-3cnn2C)CC1=O. The minimum absolute atomic E-state index is 0.0279. The lowest BCUT2D eigenvalue weighted by molar-refractivity contribution is -0.127. The zero-order chi connectivity index (χ0) is 17.0. The number of fused-ring (bicyclic) bond motifs is 3. The monoisotopic (exact) mass is 345 g/mol. The van der Waals surface area contributed by atoms with Crippen LogP contribution < -0.4 is 4.90 Å². The molecule has 7 nitrogen and oxygen atoms in total. The summed E-state index contributed by atoms with van der Waals surface area (Å²) < 4.78 is 1.89. The Kier molecular flexibility index (Phi) is 3.45. The maximum Gasteiger partial charge on any atom is 0.233 e. The molecule has 1 fully saturated rings. The van der Waals surface area contributed by atoms with Crippen LogP contribution in [0.25, 0.3) is 11.3 Å². The Labute approximate surface area is 143 Å². The van der Waals surface area contributed by atoms with Crippen LogP contribution in [-0.4, -0.2) is 52.1 Å². The van der Waals surface area contributed by atoms with Crippen LogP contribution in [-0.2, 0) is 29.5 Å². The number of carbonyl (C=O) groups excluding carboxylic acids is 2. The number of hydrogen-bond donors (Lipinski definition) is 0. The largest absolute Gasteiger partial charge is 0.345 e. The van der Waals surface area contributed by atoms with E-state index >= 15 is 0 Å². The second-order valence-corrected chi connectivity index (χ2v) is 7.53. The van der Waals surface area contributed by atoms with Crippen LogP contribution in [0.4, 0.5) is 5.13 Å². The number of anilines is 1. The van der Waals surface area contributed by atoms with Crippen molar-refractivity contribution in [2.45, 2.75) is 19.3 Å². The second-order valence-electron chi connectivity index (χ2n) is 6.47. The molecule has 4 rings (SSSR count). The van der Waals surface area contributed by atoms with Crippen molar-refractivity contribution < 1.29 is 9.59 Å². The third kappa shape index (κ3) is 2.24. The molecule has 0 bridgehead atoms. The topological polar surface area (TPSA) is 71.3 Å². The number of likely N-dealkylation sites (tertiary alicyclic amines) is 1. The van der Waals surface area contributed by atoms with Crippen LogP contribution in [0.3, 0.4) is 0 Å². The lowest BCUT2D eigenvalue weighted by Crippen LogP contribution is -2.34. The number of thiazole rings is 1.